The van der Waals surface area contributed by atoms with Crippen LogP contribution in [0, 0.1) is 0 Å². The van der Waals surface area contributed by atoms with E-state index in [1.165, 1.54) is 43.4 Å². The summed E-state index contributed by atoms with van der Waals surface area (Å²) in [6, 6.07) is 45.4. The van der Waals surface area contributed by atoms with E-state index in [1.807, 2.05) is 24.3 Å². The SMILES string of the molecule is c1ccc(-n2c3cc4ccccc4cc3c3c4c5ccccc5n(-c5nc6ccccc6o5)c4ccc32)cc1. The summed E-state index contributed by atoms with van der Waals surface area (Å²) >= 11 is 0. The normalized spacial score (nSPS) is 12.1. The molecule has 9 aromatic rings. The van der Waals surface area contributed by atoms with E-state index < -0.39 is 0 Å². The molecule has 0 bridgehead atoms. The Morgan fingerprint density at radius 1 is 0.487 bits per heavy atom. The van der Waals surface area contributed by atoms with Crippen molar-refractivity contribution in [2.24, 2.45) is 0 Å². The molecule has 0 amide bonds. The second kappa shape index (κ2) is 7.59. The number of aromatic nitrogens is 3. The molecule has 4 heteroatoms. The molecule has 9 rings (SSSR count). The van der Waals surface area contributed by atoms with Gasteiger partial charge in [-0.2, -0.15) is 4.98 Å². The van der Waals surface area contributed by atoms with Gasteiger partial charge in [0, 0.05) is 27.2 Å². The largest absolute Gasteiger partial charge is 0.423 e. The molecular weight excluding hydrogens is 478 g/mol. The Kier molecular flexibility index (Phi) is 4.02. The minimum Gasteiger partial charge on any atom is -0.423 e. The van der Waals surface area contributed by atoms with Gasteiger partial charge in [0.2, 0.25) is 0 Å². The number of para-hydroxylation sites is 4. The molecule has 39 heavy (non-hydrogen) atoms. The first-order valence-electron chi connectivity index (χ1n) is 13.2. The number of rotatable bonds is 2. The molecule has 0 saturated heterocycles. The van der Waals surface area contributed by atoms with Crippen LogP contribution in [0.2, 0.25) is 0 Å². The Labute approximate surface area is 222 Å². The van der Waals surface area contributed by atoms with Gasteiger partial charge < -0.3 is 8.98 Å². The van der Waals surface area contributed by atoms with Crippen LogP contribution >= 0.6 is 0 Å². The van der Waals surface area contributed by atoms with E-state index in [0.29, 0.717) is 6.01 Å². The second-order valence-electron chi connectivity index (χ2n) is 10.1. The average molecular weight is 500 g/mol. The van der Waals surface area contributed by atoms with Crippen LogP contribution in [0.1, 0.15) is 0 Å². The van der Waals surface area contributed by atoms with Crippen molar-refractivity contribution in [3.8, 4) is 11.7 Å². The Balaban J connectivity index is 1.51. The summed E-state index contributed by atoms with van der Waals surface area (Å²) in [6.45, 7) is 0. The maximum Gasteiger partial charge on any atom is 0.307 e. The molecule has 0 aliphatic heterocycles. The standard InChI is InChI=1S/C35H21N3O/c1-2-12-24(13-3-1)37-29-18-19-30-33(34(29)26-20-22-10-4-5-11-23(22)21-31(26)37)25-14-6-8-16-28(25)38(30)35-36-27-15-7-9-17-32(27)39-35/h1-21H. The molecule has 0 aliphatic carbocycles. The summed E-state index contributed by atoms with van der Waals surface area (Å²) in [5.41, 5.74) is 7.32. The lowest BCUT2D eigenvalue weighted by atomic mass is 10.0. The highest BCUT2D eigenvalue weighted by atomic mass is 16.4. The molecule has 0 radical (unpaired) electrons. The van der Waals surface area contributed by atoms with Crippen LogP contribution in [-0.2, 0) is 0 Å². The molecule has 3 heterocycles. The third-order valence-electron chi connectivity index (χ3n) is 7.92. The summed E-state index contributed by atoms with van der Waals surface area (Å²) in [5.74, 6) is 0. The van der Waals surface area contributed by atoms with Crippen molar-refractivity contribution in [1.82, 2.24) is 14.1 Å². The molecule has 0 N–H and O–H groups in total. The first-order chi connectivity index (χ1) is 19.3. The van der Waals surface area contributed by atoms with Crippen LogP contribution in [0.3, 0.4) is 0 Å². The number of benzene rings is 6. The third kappa shape index (κ3) is 2.80. The fourth-order valence-electron chi connectivity index (χ4n) is 6.27. The fourth-order valence-corrected chi connectivity index (χ4v) is 6.27. The van der Waals surface area contributed by atoms with Crippen LogP contribution in [-0.4, -0.2) is 14.1 Å². The lowest BCUT2D eigenvalue weighted by molar-refractivity contribution is 0.574. The van der Waals surface area contributed by atoms with E-state index in [1.54, 1.807) is 0 Å². The van der Waals surface area contributed by atoms with Gasteiger partial charge >= 0.3 is 6.01 Å². The molecule has 4 nitrogen and oxygen atoms in total. The molecule has 0 spiro atoms. The van der Waals surface area contributed by atoms with Gasteiger partial charge in [0.15, 0.2) is 5.58 Å². The first kappa shape index (κ1) is 20.7. The van der Waals surface area contributed by atoms with Gasteiger partial charge in [0.05, 0.1) is 22.1 Å². The van der Waals surface area contributed by atoms with Crippen LogP contribution in [0.4, 0.5) is 0 Å². The lowest BCUT2D eigenvalue weighted by Gasteiger charge is -2.08. The smallest absolute Gasteiger partial charge is 0.307 e. The topological polar surface area (TPSA) is 35.9 Å². The minimum absolute atomic E-state index is 0.582. The van der Waals surface area contributed by atoms with Gasteiger partial charge in [0.1, 0.15) is 5.52 Å². The number of fused-ring (bicyclic) bond motifs is 9. The summed E-state index contributed by atoms with van der Waals surface area (Å²) in [7, 11) is 0. The maximum atomic E-state index is 6.31. The van der Waals surface area contributed by atoms with E-state index >= 15 is 0 Å². The number of hydrogen-bond donors (Lipinski definition) is 0. The van der Waals surface area contributed by atoms with Crippen molar-refractivity contribution >= 4 is 65.5 Å². The number of nitrogens with zero attached hydrogens (tertiary/aromatic N) is 3. The molecular formula is C35H21N3O. The maximum absolute atomic E-state index is 6.31. The van der Waals surface area contributed by atoms with E-state index in [0.717, 1.165) is 27.8 Å². The van der Waals surface area contributed by atoms with Crippen LogP contribution in [0.5, 0.6) is 0 Å². The molecule has 3 aromatic heterocycles. The van der Waals surface area contributed by atoms with E-state index in [9.17, 15) is 0 Å². The number of hydrogen-bond acceptors (Lipinski definition) is 2. The molecule has 0 aliphatic rings. The Morgan fingerprint density at radius 3 is 2.00 bits per heavy atom. The summed E-state index contributed by atoms with van der Waals surface area (Å²) in [5, 5.41) is 7.33. The zero-order chi connectivity index (χ0) is 25.5. The highest BCUT2D eigenvalue weighted by molar-refractivity contribution is 6.29. The molecule has 0 unspecified atom stereocenters. The molecule has 0 saturated carbocycles. The average Bonchev–Trinajstić information content (AvgIpc) is 3.65. The quantitative estimate of drug-likeness (QED) is 0.238. The summed E-state index contributed by atoms with van der Waals surface area (Å²) < 4.78 is 10.9. The highest BCUT2D eigenvalue weighted by Crippen LogP contribution is 2.43. The monoisotopic (exact) mass is 499 g/mol. The lowest BCUT2D eigenvalue weighted by Crippen LogP contribution is -1.94. The van der Waals surface area contributed by atoms with Gasteiger partial charge in [-0.15, -0.1) is 0 Å². The van der Waals surface area contributed by atoms with Gasteiger partial charge in [-0.25, -0.2) is 0 Å². The molecule has 182 valence electrons. The molecule has 0 fully saturated rings. The Morgan fingerprint density at radius 2 is 1.15 bits per heavy atom. The van der Waals surface area contributed by atoms with Gasteiger partial charge in [-0.05, 0) is 65.4 Å². The van der Waals surface area contributed by atoms with Crippen molar-refractivity contribution in [2.75, 3.05) is 0 Å². The zero-order valence-electron chi connectivity index (χ0n) is 20.9. The van der Waals surface area contributed by atoms with Crippen molar-refractivity contribution in [1.29, 1.82) is 0 Å². The minimum atomic E-state index is 0.582. The molecule has 6 aromatic carbocycles. The van der Waals surface area contributed by atoms with Crippen molar-refractivity contribution in [3.63, 3.8) is 0 Å². The van der Waals surface area contributed by atoms with Gasteiger partial charge in [-0.3, -0.25) is 4.57 Å². The summed E-state index contributed by atoms with van der Waals surface area (Å²) in [4.78, 5) is 4.88. The van der Waals surface area contributed by atoms with E-state index in [4.69, 9.17) is 9.40 Å². The van der Waals surface area contributed by atoms with E-state index in [2.05, 4.69) is 112 Å². The third-order valence-corrected chi connectivity index (χ3v) is 7.92. The zero-order valence-corrected chi connectivity index (χ0v) is 20.9. The first-order valence-corrected chi connectivity index (χ1v) is 13.2. The predicted molar refractivity (Wildman–Crippen MR) is 160 cm³/mol. The summed E-state index contributed by atoms with van der Waals surface area (Å²) in [6.07, 6.45) is 0. The highest BCUT2D eigenvalue weighted by Gasteiger charge is 2.22. The second-order valence-corrected chi connectivity index (χ2v) is 10.1. The van der Waals surface area contributed by atoms with Crippen molar-refractivity contribution in [2.45, 2.75) is 0 Å². The van der Waals surface area contributed by atoms with Crippen LogP contribution < -0.4 is 0 Å². The van der Waals surface area contributed by atoms with Crippen LogP contribution in [0.25, 0.3) is 77.2 Å². The number of oxazole rings is 1. The van der Waals surface area contributed by atoms with Crippen LogP contribution in [0.15, 0.2) is 132 Å². The Hall–Kier alpha value is -5.35. The Bertz CT molecular complexity index is 2360. The van der Waals surface area contributed by atoms with Crippen molar-refractivity contribution < 1.29 is 4.42 Å². The van der Waals surface area contributed by atoms with Gasteiger partial charge in [-0.1, -0.05) is 72.8 Å². The van der Waals surface area contributed by atoms with Crippen molar-refractivity contribution in [3.05, 3.63) is 127 Å². The fraction of sp³-hybridized carbons (Fsp3) is 0. The van der Waals surface area contributed by atoms with Gasteiger partial charge in [0.25, 0.3) is 0 Å². The van der Waals surface area contributed by atoms with E-state index in [-0.39, 0.29) is 0 Å². The molecule has 0 atom stereocenters. The predicted octanol–water partition coefficient (Wildman–Crippen LogP) is 9.18.